The van der Waals surface area contributed by atoms with Crippen molar-refractivity contribution in [3.8, 4) is 0 Å². The predicted octanol–water partition coefficient (Wildman–Crippen LogP) is 1.40. The number of nitrogens with one attached hydrogen (secondary N) is 1. The monoisotopic (exact) mass is 227 g/mol. The molecule has 1 fully saturated rings. The van der Waals surface area contributed by atoms with Crippen molar-refractivity contribution in [3.05, 3.63) is 0 Å². The van der Waals surface area contributed by atoms with Crippen LogP contribution in [0.3, 0.4) is 0 Å². The van der Waals surface area contributed by atoms with E-state index in [-0.39, 0.29) is 0 Å². The Labute approximate surface area is 101 Å². The second kappa shape index (κ2) is 7.25. The Kier molecular flexibility index (Phi) is 6.32. The molecular formula is C13H29N3. The second-order valence-electron chi connectivity index (χ2n) is 5.18. The first kappa shape index (κ1) is 13.9. The Balaban J connectivity index is 2.18. The normalized spacial score (nSPS) is 25.9. The molecule has 1 rings (SSSR count). The Hall–Kier alpha value is -0.120. The zero-order valence-corrected chi connectivity index (χ0v) is 11.5. The lowest BCUT2D eigenvalue weighted by atomic mass is 10.1. The summed E-state index contributed by atoms with van der Waals surface area (Å²) in [6.45, 7) is 9.59. The van der Waals surface area contributed by atoms with Gasteiger partial charge in [0.25, 0.3) is 0 Å². The van der Waals surface area contributed by atoms with Crippen LogP contribution in [-0.4, -0.2) is 62.2 Å². The molecule has 0 aromatic heterocycles. The lowest BCUT2D eigenvalue weighted by Crippen LogP contribution is -2.51. The third-order valence-electron chi connectivity index (χ3n) is 3.94. The van der Waals surface area contributed by atoms with Gasteiger partial charge in [-0.3, -0.25) is 0 Å². The highest BCUT2D eigenvalue weighted by Crippen LogP contribution is 2.11. The topological polar surface area (TPSA) is 18.5 Å². The molecule has 0 bridgehead atoms. The summed E-state index contributed by atoms with van der Waals surface area (Å²) in [5.41, 5.74) is 0. The minimum Gasteiger partial charge on any atom is -0.317 e. The summed E-state index contributed by atoms with van der Waals surface area (Å²) in [6, 6.07) is 1.44. The van der Waals surface area contributed by atoms with Crippen LogP contribution in [0.4, 0.5) is 0 Å². The largest absolute Gasteiger partial charge is 0.317 e. The van der Waals surface area contributed by atoms with Crippen LogP contribution < -0.4 is 5.32 Å². The first-order valence-electron chi connectivity index (χ1n) is 6.77. The highest BCUT2D eigenvalue weighted by molar-refractivity contribution is 4.79. The average molecular weight is 227 g/mol. The standard InChI is InChI=1S/C13H29N3/c1-5-13-11-16(10-9-15(13)4)8-6-7-12(2)14-3/h12-14H,5-11H2,1-4H3. The van der Waals surface area contributed by atoms with Gasteiger partial charge in [-0.25, -0.2) is 0 Å². The summed E-state index contributed by atoms with van der Waals surface area (Å²) in [5.74, 6) is 0. The number of nitrogens with zero attached hydrogens (tertiary/aromatic N) is 2. The summed E-state index contributed by atoms with van der Waals surface area (Å²) in [6.07, 6.45) is 3.89. The van der Waals surface area contributed by atoms with Gasteiger partial charge in [0.1, 0.15) is 0 Å². The fraction of sp³-hybridized carbons (Fsp3) is 1.00. The van der Waals surface area contributed by atoms with Crippen LogP contribution in [0.2, 0.25) is 0 Å². The molecule has 3 nitrogen and oxygen atoms in total. The lowest BCUT2D eigenvalue weighted by Gasteiger charge is -2.39. The predicted molar refractivity (Wildman–Crippen MR) is 70.9 cm³/mol. The van der Waals surface area contributed by atoms with E-state index in [9.17, 15) is 0 Å². The van der Waals surface area contributed by atoms with Crippen molar-refractivity contribution >= 4 is 0 Å². The molecule has 1 heterocycles. The maximum absolute atomic E-state index is 3.30. The summed E-state index contributed by atoms with van der Waals surface area (Å²) in [7, 11) is 4.31. The molecule has 1 N–H and O–H groups in total. The van der Waals surface area contributed by atoms with Crippen molar-refractivity contribution in [3.63, 3.8) is 0 Å². The van der Waals surface area contributed by atoms with Gasteiger partial charge in [-0.1, -0.05) is 6.92 Å². The molecule has 1 saturated heterocycles. The maximum atomic E-state index is 3.30. The summed E-state index contributed by atoms with van der Waals surface area (Å²) in [4.78, 5) is 5.14. The van der Waals surface area contributed by atoms with Crippen LogP contribution in [0.15, 0.2) is 0 Å². The highest BCUT2D eigenvalue weighted by Gasteiger charge is 2.22. The zero-order valence-electron chi connectivity index (χ0n) is 11.5. The SMILES string of the molecule is CCC1CN(CCCC(C)NC)CCN1C. The molecule has 0 aliphatic carbocycles. The van der Waals surface area contributed by atoms with E-state index in [4.69, 9.17) is 0 Å². The number of piperazine rings is 1. The molecule has 16 heavy (non-hydrogen) atoms. The first-order chi connectivity index (χ1) is 7.67. The number of likely N-dealkylation sites (N-methyl/N-ethyl adjacent to an activating group) is 1. The van der Waals surface area contributed by atoms with Gasteiger partial charge in [0, 0.05) is 31.7 Å². The van der Waals surface area contributed by atoms with Crippen molar-refractivity contribution in [2.24, 2.45) is 0 Å². The fourth-order valence-electron chi connectivity index (χ4n) is 2.42. The lowest BCUT2D eigenvalue weighted by molar-refractivity contribution is 0.0916. The fourth-order valence-corrected chi connectivity index (χ4v) is 2.42. The third kappa shape index (κ3) is 4.40. The summed E-state index contributed by atoms with van der Waals surface area (Å²) < 4.78 is 0. The third-order valence-corrected chi connectivity index (χ3v) is 3.94. The molecule has 0 aromatic carbocycles. The first-order valence-corrected chi connectivity index (χ1v) is 6.77. The van der Waals surface area contributed by atoms with Crippen LogP contribution in [0, 0.1) is 0 Å². The van der Waals surface area contributed by atoms with E-state index in [2.05, 4.69) is 36.0 Å². The van der Waals surface area contributed by atoms with Gasteiger partial charge in [-0.15, -0.1) is 0 Å². The summed E-state index contributed by atoms with van der Waals surface area (Å²) >= 11 is 0. The van der Waals surface area contributed by atoms with E-state index in [1.807, 2.05) is 7.05 Å². The van der Waals surface area contributed by atoms with Crippen molar-refractivity contribution in [1.82, 2.24) is 15.1 Å². The van der Waals surface area contributed by atoms with Gasteiger partial charge < -0.3 is 15.1 Å². The van der Waals surface area contributed by atoms with Crippen LogP contribution in [-0.2, 0) is 0 Å². The molecule has 0 spiro atoms. The van der Waals surface area contributed by atoms with Crippen molar-refractivity contribution in [1.29, 1.82) is 0 Å². The molecular weight excluding hydrogens is 198 g/mol. The smallest absolute Gasteiger partial charge is 0.0218 e. The molecule has 0 radical (unpaired) electrons. The van der Waals surface area contributed by atoms with Crippen molar-refractivity contribution in [2.45, 2.75) is 45.2 Å². The maximum Gasteiger partial charge on any atom is 0.0218 e. The zero-order chi connectivity index (χ0) is 12.0. The molecule has 0 amide bonds. The van der Waals surface area contributed by atoms with E-state index in [0.717, 1.165) is 6.04 Å². The number of rotatable bonds is 6. The van der Waals surface area contributed by atoms with Gasteiger partial charge in [0.2, 0.25) is 0 Å². The molecule has 2 unspecified atom stereocenters. The Morgan fingerprint density at radius 3 is 2.75 bits per heavy atom. The highest BCUT2D eigenvalue weighted by atomic mass is 15.3. The van der Waals surface area contributed by atoms with Gasteiger partial charge in [0.15, 0.2) is 0 Å². The Morgan fingerprint density at radius 2 is 2.12 bits per heavy atom. The molecule has 0 saturated carbocycles. The minimum absolute atomic E-state index is 0.662. The van der Waals surface area contributed by atoms with E-state index in [1.54, 1.807) is 0 Å². The minimum atomic E-state index is 0.662. The van der Waals surface area contributed by atoms with Crippen LogP contribution in [0.1, 0.15) is 33.1 Å². The quantitative estimate of drug-likeness (QED) is 0.740. The van der Waals surface area contributed by atoms with E-state index < -0.39 is 0 Å². The molecule has 3 heteroatoms. The second-order valence-corrected chi connectivity index (χ2v) is 5.18. The molecule has 96 valence electrons. The van der Waals surface area contributed by atoms with Crippen LogP contribution in [0.5, 0.6) is 0 Å². The molecule has 1 aliphatic rings. The van der Waals surface area contributed by atoms with Gasteiger partial charge in [0.05, 0.1) is 0 Å². The van der Waals surface area contributed by atoms with Crippen molar-refractivity contribution < 1.29 is 0 Å². The van der Waals surface area contributed by atoms with E-state index >= 15 is 0 Å². The van der Waals surface area contributed by atoms with Crippen molar-refractivity contribution in [2.75, 3.05) is 40.3 Å². The van der Waals surface area contributed by atoms with E-state index in [0.29, 0.717) is 6.04 Å². The molecule has 0 aromatic rings. The Morgan fingerprint density at radius 1 is 1.38 bits per heavy atom. The van der Waals surface area contributed by atoms with Gasteiger partial charge in [-0.05, 0) is 46.8 Å². The average Bonchev–Trinajstić information content (AvgIpc) is 2.31. The van der Waals surface area contributed by atoms with Gasteiger partial charge >= 0.3 is 0 Å². The Bertz CT molecular complexity index is 184. The number of hydrogen-bond donors (Lipinski definition) is 1. The van der Waals surface area contributed by atoms with Gasteiger partial charge in [-0.2, -0.15) is 0 Å². The van der Waals surface area contributed by atoms with E-state index in [1.165, 1.54) is 45.4 Å². The summed E-state index contributed by atoms with van der Waals surface area (Å²) in [5, 5.41) is 3.30. The van der Waals surface area contributed by atoms with Crippen LogP contribution >= 0.6 is 0 Å². The molecule has 1 aliphatic heterocycles. The number of hydrogen-bond acceptors (Lipinski definition) is 3. The van der Waals surface area contributed by atoms with Crippen LogP contribution in [0.25, 0.3) is 0 Å². The molecule has 2 atom stereocenters.